The Morgan fingerprint density at radius 2 is 1.96 bits per heavy atom. The standard InChI is InChI=1S/C18H17N5O2/c1-2-13-7-9-14(10-8-13)23-17(20-21-22-23)11-12-19-16-6-4-3-5-15(16)18(24)25/h3-12,19H,2H2,1H3,(H,24,25)/p-1/b12-11+. The molecule has 3 rings (SSSR count). The minimum absolute atomic E-state index is 0.0851. The first-order chi connectivity index (χ1) is 12.2. The molecule has 7 heteroatoms. The molecule has 0 aliphatic heterocycles. The number of anilines is 1. The van der Waals surface area contributed by atoms with E-state index in [1.165, 1.54) is 11.6 Å². The quantitative estimate of drug-likeness (QED) is 0.737. The first-order valence-corrected chi connectivity index (χ1v) is 7.80. The average molecular weight is 334 g/mol. The molecule has 0 aliphatic rings. The van der Waals surface area contributed by atoms with Gasteiger partial charge in [-0.2, -0.15) is 4.68 Å². The number of aromatic carboxylic acids is 1. The van der Waals surface area contributed by atoms with Gasteiger partial charge >= 0.3 is 0 Å². The van der Waals surface area contributed by atoms with Crippen molar-refractivity contribution in [2.45, 2.75) is 13.3 Å². The van der Waals surface area contributed by atoms with E-state index in [2.05, 4.69) is 27.8 Å². The van der Waals surface area contributed by atoms with E-state index in [-0.39, 0.29) is 5.56 Å². The van der Waals surface area contributed by atoms with E-state index >= 15 is 0 Å². The summed E-state index contributed by atoms with van der Waals surface area (Å²) in [5, 5.41) is 25.7. The third kappa shape index (κ3) is 3.72. The van der Waals surface area contributed by atoms with E-state index in [1.807, 2.05) is 24.3 Å². The maximum atomic E-state index is 11.1. The Balaban J connectivity index is 1.79. The summed E-state index contributed by atoms with van der Waals surface area (Å²) in [4.78, 5) is 11.1. The van der Waals surface area contributed by atoms with Crippen molar-refractivity contribution in [3.8, 4) is 5.69 Å². The van der Waals surface area contributed by atoms with E-state index in [4.69, 9.17) is 0 Å². The second-order valence-corrected chi connectivity index (χ2v) is 5.28. The van der Waals surface area contributed by atoms with Gasteiger partial charge in [-0.25, -0.2) is 0 Å². The fraction of sp³-hybridized carbons (Fsp3) is 0.111. The molecule has 7 nitrogen and oxygen atoms in total. The molecule has 0 saturated heterocycles. The molecule has 1 heterocycles. The topological polar surface area (TPSA) is 95.8 Å². The van der Waals surface area contributed by atoms with Crippen molar-refractivity contribution < 1.29 is 9.90 Å². The predicted molar refractivity (Wildman–Crippen MR) is 92.0 cm³/mol. The molecule has 2 aromatic carbocycles. The highest BCUT2D eigenvalue weighted by Gasteiger charge is 2.05. The maximum absolute atomic E-state index is 11.1. The smallest absolute Gasteiger partial charge is 0.181 e. The van der Waals surface area contributed by atoms with Crippen LogP contribution in [0.5, 0.6) is 0 Å². The number of hydrogen-bond acceptors (Lipinski definition) is 6. The molecule has 0 aliphatic carbocycles. The molecule has 0 spiro atoms. The second kappa shape index (κ2) is 7.39. The Morgan fingerprint density at radius 3 is 2.68 bits per heavy atom. The summed E-state index contributed by atoms with van der Waals surface area (Å²) >= 11 is 0. The average Bonchev–Trinajstić information content (AvgIpc) is 3.10. The van der Waals surface area contributed by atoms with Crippen LogP contribution in [0.1, 0.15) is 28.7 Å². The Labute approximate surface area is 144 Å². The third-order valence-corrected chi connectivity index (χ3v) is 3.70. The Kier molecular flexibility index (Phi) is 4.84. The van der Waals surface area contributed by atoms with Crippen molar-refractivity contribution in [2.24, 2.45) is 0 Å². The number of carbonyl (C=O) groups excluding carboxylic acids is 1. The largest absolute Gasteiger partial charge is 0.545 e. The molecule has 0 atom stereocenters. The zero-order chi connectivity index (χ0) is 17.6. The number of carboxylic acids is 1. The van der Waals surface area contributed by atoms with Crippen molar-refractivity contribution in [1.29, 1.82) is 0 Å². The highest BCUT2D eigenvalue weighted by atomic mass is 16.4. The lowest BCUT2D eigenvalue weighted by Crippen LogP contribution is -2.23. The van der Waals surface area contributed by atoms with Crippen molar-refractivity contribution in [1.82, 2.24) is 20.2 Å². The number of nitrogens with zero attached hydrogens (tertiary/aromatic N) is 4. The number of para-hydroxylation sites is 1. The second-order valence-electron chi connectivity index (χ2n) is 5.28. The molecule has 0 unspecified atom stereocenters. The van der Waals surface area contributed by atoms with Gasteiger partial charge in [0.25, 0.3) is 0 Å². The minimum Gasteiger partial charge on any atom is -0.545 e. The Bertz CT molecular complexity index is 900. The summed E-state index contributed by atoms with van der Waals surface area (Å²) in [6, 6.07) is 14.5. The molecule has 0 fully saturated rings. The number of aryl methyl sites for hydroxylation is 1. The van der Waals surface area contributed by atoms with Gasteiger partial charge in [-0.3, -0.25) is 0 Å². The number of aromatic nitrogens is 4. The first kappa shape index (κ1) is 16.4. The lowest BCUT2D eigenvalue weighted by molar-refractivity contribution is -0.254. The van der Waals surface area contributed by atoms with E-state index in [0.29, 0.717) is 11.5 Å². The van der Waals surface area contributed by atoms with Crippen LogP contribution in [0.15, 0.2) is 54.7 Å². The fourth-order valence-electron chi connectivity index (χ4n) is 2.35. The Hall–Kier alpha value is -3.48. The van der Waals surface area contributed by atoms with Crippen molar-refractivity contribution in [3.63, 3.8) is 0 Å². The van der Waals surface area contributed by atoms with Crippen LogP contribution < -0.4 is 10.4 Å². The molecule has 1 aromatic heterocycles. The summed E-state index contributed by atoms with van der Waals surface area (Å²) in [5.74, 6) is -0.722. The number of benzene rings is 2. The molecular formula is C18H16N5O2-. The predicted octanol–water partition coefficient (Wildman–Crippen LogP) is 1.67. The molecule has 0 radical (unpaired) electrons. The normalized spacial score (nSPS) is 10.9. The Morgan fingerprint density at radius 1 is 1.20 bits per heavy atom. The van der Waals surface area contributed by atoms with Crippen LogP contribution in [-0.2, 0) is 6.42 Å². The van der Waals surface area contributed by atoms with Gasteiger partial charge in [0.2, 0.25) is 0 Å². The molecule has 1 N–H and O–H groups in total. The zero-order valence-electron chi connectivity index (χ0n) is 13.6. The van der Waals surface area contributed by atoms with Crippen molar-refractivity contribution in [3.05, 3.63) is 71.7 Å². The molecule has 3 aromatic rings. The number of carbonyl (C=O) groups is 1. The highest BCUT2D eigenvalue weighted by molar-refractivity contribution is 5.92. The van der Waals surface area contributed by atoms with E-state index in [9.17, 15) is 9.90 Å². The van der Waals surface area contributed by atoms with Gasteiger partial charge in [0.05, 0.1) is 11.7 Å². The fourth-order valence-corrected chi connectivity index (χ4v) is 2.35. The van der Waals surface area contributed by atoms with Crippen molar-refractivity contribution in [2.75, 3.05) is 5.32 Å². The molecule has 126 valence electrons. The molecule has 0 bridgehead atoms. The lowest BCUT2D eigenvalue weighted by Gasteiger charge is -2.09. The van der Waals surface area contributed by atoms with Crippen LogP contribution in [0.3, 0.4) is 0 Å². The van der Waals surface area contributed by atoms with E-state index in [1.54, 1.807) is 35.2 Å². The first-order valence-electron chi connectivity index (χ1n) is 7.80. The maximum Gasteiger partial charge on any atom is 0.181 e. The zero-order valence-corrected chi connectivity index (χ0v) is 13.6. The minimum atomic E-state index is -1.24. The van der Waals surface area contributed by atoms with Crippen molar-refractivity contribution >= 4 is 17.7 Å². The monoisotopic (exact) mass is 334 g/mol. The van der Waals surface area contributed by atoms with E-state index in [0.717, 1.165) is 12.1 Å². The van der Waals surface area contributed by atoms with Gasteiger partial charge in [-0.1, -0.05) is 37.3 Å². The van der Waals surface area contributed by atoms with Gasteiger partial charge < -0.3 is 15.2 Å². The highest BCUT2D eigenvalue weighted by Crippen LogP contribution is 2.15. The molecule has 0 saturated carbocycles. The lowest BCUT2D eigenvalue weighted by atomic mass is 10.1. The van der Waals surface area contributed by atoms with Crippen LogP contribution in [0.2, 0.25) is 0 Å². The SMILES string of the molecule is CCc1ccc(-n2nnnc2/C=C/Nc2ccccc2C(=O)[O-])cc1. The summed E-state index contributed by atoms with van der Waals surface area (Å²) < 4.78 is 1.60. The van der Waals surface area contributed by atoms with Crippen LogP contribution in [-0.4, -0.2) is 26.2 Å². The summed E-state index contributed by atoms with van der Waals surface area (Å²) in [6.45, 7) is 2.09. The number of tetrazole rings is 1. The number of carboxylic acid groups (broad SMARTS) is 1. The molecule has 25 heavy (non-hydrogen) atoms. The van der Waals surface area contributed by atoms with Gasteiger partial charge in [-0.15, -0.1) is 5.10 Å². The summed E-state index contributed by atoms with van der Waals surface area (Å²) in [7, 11) is 0. The van der Waals surface area contributed by atoms with Crippen LogP contribution >= 0.6 is 0 Å². The van der Waals surface area contributed by atoms with E-state index < -0.39 is 5.97 Å². The van der Waals surface area contributed by atoms with Crippen LogP contribution in [0.4, 0.5) is 5.69 Å². The van der Waals surface area contributed by atoms with Gasteiger partial charge in [0.15, 0.2) is 5.82 Å². The number of hydrogen-bond donors (Lipinski definition) is 1. The summed E-state index contributed by atoms with van der Waals surface area (Å²) in [5.41, 5.74) is 2.60. The van der Waals surface area contributed by atoms with Gasteiger partial charge in [0.1, 0.15) is 0 Å². The third-order valence-electron chi connectivity index (χ3n) is 3.70. The van der Waals surface area contributed by atoms with Gasteiger partial charge in [0, 0.05) is 23.5 Å². The van der Waals surface area contributed by atoms with Crippen LogP contribution in [0, 0.1) is 0 Å². The van der Waals surface area contributed by atoms with Gasteiger partial charge in [-0.05, 0) is 40.6 Å². The number of rotatable bonds is 6. The molecular weight excluding hydrogens is 318 g/mol. The number of nitrogens with one attached hydrogen (secondary N) is 1. The molecule has 0 amide bonds. The summed E-state index contributed by atoms with van der Waals surface area (Å²) in [6.07, 6.45) is 4.22. The van der Waals surface area contributed by atoms with Crippen LogP contribution in [0.25, 0.3) is 11.8 Å².